The summed E-state index contributed by atoms with van der Waals surface area (Å²) in [5.74, 6) is -5.43. The molecule has 0 saturated carbocycles. The van der Waals surface area contributed by atoms with Gasteiger partial charge in [-0.15, -0.1) is 0 Å². The number of hydrogen-bond donors (Lipinski definition) is 0. The Bertz CT molecular complexity index is 1110. The maximum Gasteiger partial charge on any atom is 0.332 e. The van der Waals surface area contributed by atoms with Crippen LogP contribution in [0, 0.1) is 17.5 Å². The van der Waals surface area contributed by atoms with Crippen molar-refractivity contribution in [2.45, 2.75) is 25.9 Å². The Morgan fingerprint density at radius 2 is 1.82 bits per heavy atom. The molecule has 2 saturated heterocycles. The first-order valence-electron chi connectivity index (χ1n) is 10.3. The molecule has 0 atom stereocenters. The molecular weight excluding hydrogens is 441 g/mol. The van der Waals surface area contributed by atoms with Crippen molar-refractivity contribution in [2.75, 3.05) is 43.2 Å². The SMILES string of the molecule is COc1c(F)cc(N2C(=O)N(Cc3ccnc(N4CCOCC4)c3)C(C)(C)C2=O)c(F)c1F. The summed E-state index contributed by atoms with van der Waals surface area (Å²) in [7, 11) is 0.984. The lowest BCUT2D eigenvalue weighted by atomic mass is 10.0. The molecule has 0 bridgehead atoms. The Morgan fingerprint density at radius 3 is 2.48 bits per heavy atom. The average Bonchev–Trinajstić information content (AvgIpc) is 2.97. The van der Waals surface area contributed by atoms with Gasteiger partial charge in [0.25, 0.3) is 5.91 Å². The molecule has 2 aromatic rings. The number of amides is 3. The van der Waals surface area contributed by atoms with Crippen LogP contribution in [-0.2, 0) is 16.1 Å². The highest BCUT2D eigenvalue weighted by Gasteiger charge is 2.53. The van der Waals surface area contributed by atoms with E-state index in [1.807, 2.05) is 4.90 Å². The summed E-state index contributed by atoms with van der Waals surface area (Å²) in [4.78, 5) is 34.4. The largest absolute Gasteiger partial charge is 0.491 e. The first-order valence-corrected chi connectivity index (χ1v) is 10.3. The number of hydrogen-bond acceptors (Lipinski definition) is 6. The molecule has 0 unspecified atom stereocenters. The van der Waals surface area contributed by atoms with Crippen LogP contribution < -0.4 is 14.5 Å². The number of rotatable bonds is 5. The Hall–Kier alpha value is -3.34. The van der Waals surface area contributed by atoms with Gasteiger partial charge in [0.1, 0.15) is 11.4 Å². The van der Waals surface area contributed by atoms with Crippen molar-refractivity contribution in [3.8, 4) is 5.75 Å². The monoisotopic (exact) mass is 464 g/mol. The molecule has 3 heterocycles. The topological polar surface area (TPSA) is 75.2 Å². The van der Waals surface area contributed by atoms with Crippen LogP contribution in [0.1, 0.15) is 19.4 Å². The van der Waals surface area contributed by atoms with Crippen molar-refractivity contribution in [3.63, 3.8) is 0 Å². The molecule has 3 amide bonds. The maximum atomic E-state index is 14.7. The van der Waals surface area contributed by atoms with Crippen LogP contribution in [0.25, 0.3) is 0 Å². The first kappa shape index (κ1) is 22.8. The van der Waals surface area contributed by atoms with Gasteiger partial charge in [-0.1, -0.05) is 0 Å². The van der Waals surface area contributed by atoms with Gasteiger partial charge in [0.2, 0.25) is 5.82 Å². The molecule has 8 nitrogen and oxygen atoms in total. The van der Waals surface area contributed by atoms with Gasteiger partial charge in [0.05, 0.1) is 26.0 Å². The summed E-state index contributed by atoms with van der Waals surface area (Å²) in [5.41, 5.74) is -1.51. The lowest BCUT2D eigenvalue weighted by molar-refractivity contribution is -0.123. The standard InChI is InChI=1S/C22H23F3N4O4/c1-22(2)20(30)29(15-11-14(23)19(32-3)18(25)17(15)24)21(31)28(22)12-13-4-5-26-16(10-13)27-6-8-33-9-7-27/h4-5,10-11H,6-9,12H2,1-3H3. The van der Waals surface area contributed by atoms with Gasteiger partial charge >= 0.3 is 6.03 Å². The zero-order valence-electron chi connectivity index (χ0n) is 18.4. The molecule has 1 aromatic heterocycles. The highest BCUT2D eigenvalue weighted by molar-refractivity contribution is 6.23. The van der Waals surface area contributed by atoms with Crippen LogP contribution in [0.2, 0.25) is 0 Å². The second kappa shape index (κ2) is 8.54. The lowest BCUT2D eigenvalue weighted by Gasteiger charge is -2.30. The summed E-state index contributed by atoms with van der Waals surface area (Å²) in [6.45, 7) is 5.49. The number of urea groups is 1. The Balaban J connectivity index is 1.65. The van der Waals surface area contributed by atoms with Crippen molar-refractivity contribution in [3.05, 3.63) is 47.4 Å². The van der Waals surface area contributed by atoms with Gasteiger partial charge in [0.15, 0.2) is 17.4 Å². The van der Waals surface area contributed by atoms with Crippen molar-refractivity contribution < 1.29 is 32.2 Å². The fraction of sp³-hybridized carbons (Fsp3) is 0.409. The predicted octanol–water partition coefficient (Wildman–Crippen LogP) is 3.09. The fourth-order valence-electron chi connectivity index (χ4n) is 3.94. The van der Waals surface area contributed by atoms with E-state index >= 15 is 0 Å². The molecule has 176 valence electrons. The summed E-state index contributed by atoms with van der Waals surface area (Å²) < 4.78 is 53.1. The highest BCUT2D eigenvalue weighted by Crippen LogP contribution is 2.38. The number of ether oxygens (including phenoxy) is 2. The third-order valence-corrected chi connectivity index (χ3v) is 5.85. The van der Waals surface area contributed by atoms with Crippen LogP contribution in [0.4, 0.5) is 29.5 Å². The van der Waals surface area contributed by atoms with E-state index in [4.69, 9.17) is 4.74 Å². The molecule has 0 aliphatic carbocycles. The van der Waals surface area contributed by atoms with Crippen LogP contribution in [0.15, 0.2) is 24.4 Å². The van der Waals surface area contributed by atoms with E-state index in [0.29, 0.717) is 48.7 Å². The summed E-state index contributed by atoms with van der Waals surface area (Å²) in [5, 5.41) is 0. The Morgan fingerprint density at radius 1 is 1.12 bits per heavy atom. The summed E-state index contributed by atoms with van der Waals surface area (Å²) >= 11 is 0. The number of nitrogens with zero attached hydrogens (tertiary/aromatic N) is 4. The van der Waals surface area contributed by atoms with Crippen molar-refractivity contribution >= 4 is 23.4 Å². The van der Waals surface area contributed by atoms with E-state index in [9.17, 15) is 22.8 Å². The predicted molar refractivity (Wildman–Crippen MR) is 113 cm³/mol. The van der Waals surface area contributed by atoms with E-state index in [-0.39, 0.29) is 6.54 Å². The maximum absolute atomic E-state index is 14.7. The molecule has 0 radical (unpaired) electrons. The van der Waals surface area contributed by atoms with Gasteiger partial charge in [-0.25, -0.2) is 23.5 Å². The van der Waals surface area contributed by atoms with Crippen molar-refractivity contribution in [2.24, 2.45) is 0 Å². The van der Waals surface area contributed by atoms with Crippen LogP contribution in [0.3, 0.4) is 0 Å². The molecule has 0 N–H and O–H groups in total. The fourth-order valence-corrected chi connectivity index (χ4v) is 3.94. The van der Waals surface area contributed by atoms with Gasteiger partial charge in [0, 0.05) is 31.9 Å². The lowest BCUT2D eigenvalue weighted by Crippen LogP contribution is -2.43. The van der Waals surface area contributed by atoms with Gasteiger partial charge in [-0.05, 0) is 31.5 Å². The molecule has 2 aliphatic heterocycles. The smallest absolute Gasteiger partial charge is 0.332 e. The normalized spacial score (nSPS) is 18.3. The number of pyridine rings is 1. The second-order valence-electron chi connectivity index (χ2n) is 8.23. The minimum Gasteiger partial charge on any atom is -0.491 e. The number of halogens is 3. The molecule has 0 spiro atoms. The van der Waals surface area contributed by atoms with Gasteiger partial charge in [-0.2, -0.15) is 4.39 Å². The molecule has 4 rings (SSSR count). The van der Waals surface area contributed by atoms with Crippen molar-refractivity contribution in [1.82, 2.24) is 9.88 Å². The third kappa shape index (κ3) is 3.86. The number of aromatic nitrogens is 1. The van der Waals surface area contributed by atoms with Crippen LogP contribution >= 0.6 is 0 Å². The van der Waals surface area contributed by atoms with E-state index < -0.39 is 46.4 Å². The molecule has 33 heavy (non-hydrogen) atoms. The Kier molecular flexibility index (Phi) is 5.91. The molecule has 1 aromatic carbocycles. The molecule has 2 fully saturated rings. The van der Waals surface area contributed by atoms with Crippen LogP contribution in [-0.4, -0.2) is 60.8 Å². The minimum atomic E-state index is -1.62. The molecular formula is C22H23F3N4O4. The summed E-state index contributed by atoms with van der Waals surface area (Å²) in [6.07, 6.45) is 1.60. The van der Waals surface area contributed by atoms with E-state index in [1.54, 1.807) is 18.3 Å². The molecule has 2 aliphatic rings. The van der Waals surface area contributed by atoms with Gasteiger partial charge in [-0.3, -0.25) is 4.79 Å². The number of benzene rings is 1. The number of methoxy groups -OCH3 is 1. The van der Waals surface area contributed by atoms with E-state index in [0.717, 1.165) is 7.11 Å². The zero-order chi connectivity index (χ0) is 23.9. The number of carbonyl (C=O) groups is 2. The average molecular weight is 464 g/mol. The summed E-state index contributed by atoms with van der Waals surface area (Å²) in [6, 6.07) is 3.19. The number of imide groups is 1. The van der Waals surface area contributed by atoms with E-state index in [2.05, 4.69) is 9.72 Å². The first-order chi connectivity index (χ1) is 15.7. The Labute approximate surface area is 188 Å². The van der Waals surface area contributed by atoms with Crippen molar-refractivity contribution in [1.29, 1.82) is 0 Å². The number of morpholine rings is 1. The highest BCUT2D eigenvalue weighted by atomic mass is 19.2. The van der Waals surface area contributed by atoms with Gasteiger partial charge < -0.3 is 19.3 Å². The minimum absolute atomic E-state index is 0.0106. The van der Waals surface area contributed by atoms with E-state index in [1.165, 1.54) is 18.7 Å². The third-order valence-electron chi connectivity index (χ3n) is 5.85. The molecule has 11 heteroatoms. The number of carbonyl (C=O) groups excluding carboxylic acids is 2. The number of anilines is 2. The zero-order valence-corrected chi connectivity index (χ0v) is 18.4. The van der Waals surface area contributed by atoms with Crippen LogP contribution in [0.5, 0.6) is 5.75 Å². The second-order valence-corrected chi connectivity index (χ2v) is 8.23. The quantitative estimate of drug-likeness (QED) is 0.500.